The summed E-state index contributed by atoms with van der Waals surface area (Å²) in [5, 5.41) is 10.5. The molecule has 1 aliphatic rings. The Hall–Kier alpha value is -2.28. The lowest BCUT2D eigenvalue weighted by Gasteiger charge is -2.11. The van der Waals surface area contributed by atoms with E-state index in [1.54, 1.807) is 16.4 Å². The van der Waals surface area contributed by atoms with E-state index in [1.807, 2.05) is 30.3 Å². The Bertz CT molecular complexity index is 789. The summed E-state index contributed by atoms with van der Waals surface area (Å²) in [4.78, 5) is 24.5. The predicted molar refractivity (Wildman–Crippen MR) is 109 cm³/mol. The number of carbonyl (C=O) groups excluding carboxylic acids is 2. The first-order valence-electron chi connectivity index (χ1n) is 9.44. The minimum absolute atomic E-state index is 0.0119. The SMILES string of the molecule is CCCCC(=O)Nc1c2c(nn1CC(=O)NCCc1ccccc1)CSC2. The number of thioether (sulfide) groups is 1. The molecule has 0 fully saturated rings. The number of rotatable bonds is 9. The van der Waals surface area contributed by atoms with Crippen LogP contribution in [0.1, 0.15) is 43.0 Å². The lowest BCUT2D eigenvalue weighted by molar-refractivity contribution is -0.122. The highest BCUT2D eigenvalue weighted by Crippen LogP contribution is 2.34. The van der Waals surface area contributed by atoms with Gasteiger partial charge < -0.3 is 10.6 Å². The third kappa shape index (κ3) is 5.35. The van der Waals surface area contributed by atoms with Gasteiger partial charge >= 0.3 is 0 Å². The number of hydrogen-bond donors (Lipinski definition) is 2. The molecule has 1 aromatic carbocycles. The van der Waals surface area contributed by atoms with E-state index < -0.39 is 0 Å². The fourth-order valence-electron chi connectivity index (χ4n) is 3.04. The fourth-order valence-corrected chi connectivity index (χ4v) is 4.07. The van der Waals surface area contributed by atoms with Crippen LogP contribution in [-0.4, -0.2) is 28.1 Å². The van der Waals surface area contributed by atoms with Crippen molar-refractivity contribution in [2.24, 2.45) is 0 Å². The highest BCUT2D eigenvalue weighted by atomic mass is 32.2. The van der Waals surface area contributed by atoms with Crippen LogP contribution in [0.25, 0.3) is 0 Å². The van der Waals surface area contributed by atoms with Gasteiger partial charge in [-0.2, -0.15) is 16.9 Å². The molecular weight excluding hydrogens is 360 g/mol. The van der Waals surface area contributed by atoms with Crippen molar-refractivity contribution < 1.29 is 9.59 Å². The van der Waals surface area contributed by atoms with Gasteiger partial charge in [-0.05, 0) is 18.4 Å². The summed E-state index contributed by atoms with van der Waals surface area (Å²) in [7, 11) is 0. The molecule has 144 valence electrons. The summed E-state index contributed by atoms with van der Waals surface area (Å²) in [6.07, 6.45) is 3.12. The van der Waals surface area contributed by atoms with Crippen molar-refractivity contribution in [3.8, 4) is 0 Å². The van der Waals surface area contributed by atoms with Gasteiger partial charge in [-0.3, -0.25) is 9.59 Å². The molecule has 0 aliphatic carbocycles. The van der Waals surface area contributed by atoms with E-state index >= 15 is 0 Å². The van der Waals surface area contributed by atoms with Gasteiger partial charge in [0.25, 0.3) is 0 Å². The van der Waals surface area contributed by atoms with Crippen molar-refractivity contribution in [1.29, 1.82) is 0 Å². The molecule has 6 nitrogen and oxygen atoms in total. The maximum absolute atomic E-state index is 12.3. The first-order valence-corrected chi connectivity index (χ1v) is 10.6. The summed E-state index contributed by atoms with van der Waals surface area (Å²) >= 11 is 1.78. The summed E-state index contributed by atoms with van der Waals surface area (Å²) < 4.78 is 1.64. The number of nitrogens with one attached hydrogen (secondary N) is 2. The Morgan fingerprint density at radius 3 is 2.78 bits per heavy atom. The van der Waals surface area contributed by atoms with Crippen molar-refractivity contribution in [2.75, 3.05) is 11.9 Å². The van der Waals surface area contributed by atoms with Crippen LogP contribution in [-0.2, 0) is 34.1 Å². The molecule has 2 heterocycles. The van der Waals surface area contributed by atoms with E-state index in [2.05, 4.69) is 22.7 Å². The number of fused-ring (bicyclic) bond motifs is 1. The smallest absolute Gasteiger partial charge is 0.241 e. The van der Waals surface area contributed by atoms with Gasteiger partial charge in [0, 0.05) is 30.0 Å². The van der Waals surface area contributed by atoms with Crippen molar-refractivity contribution >= 4 is 29.4 Å². The molecule has 0 atom stereocenters. The standard InChI is InChI=1S/C20H26N4O2S/c1-2-3-9-18(25)22-20-16-13-27-14-17(16)23-24(20)12-19(26)21-11-10-15-7-5-4-6-8-15/h4-8H,2-3,9-14H2,1H3,(H,21,26)(H,22,25). The molecule has 0 radical (unpaired) electrons. The van der Waals surface area contributed by atoms with Crippen molar-refractivity contribution in [2.45, 2.75) is 50.7 Å². The molecule has 27 heavy (non-hydrogen) atoms. The molecule has 0 saturated heterocycles. The highest BCUT2D eigenvalue weighted by Gasteiger charge is 2.24. The van der Waals surface area contributed by atoms with Gasteiger partial charge in [-0.15, -0.1) is 0 Å². The van der Waals surface area contributed by atoms with Crippen LogP contribution in [0, 0.1) is 0 Å². The fraction of sp³-hybridized carbons (Fsp3) is 0.450. The Labute approximate surface area is 164 Å². The molecule has 2 aromatic rings. The summed E-state index contributed by atoms with van der Waals surface area (Å²) in [5.74, 6) is 2.24. The Kier molecular flexibility index (Phi) is 6.92. The lowest BCUT2D eigenvalue weighted by Crippen LogP contribution is -2.30. The molecule has 0 spiro atoms. The number of hydrogen-bond acceptors (Lipinski definition) is 4. The average Bonchev–Trinajstić information content (AvgIpc) is 3.24. The number of unbranched alkanes of at least 4 members (excludes halogenated alkanes) is 1. The van der Waals surface area contributed by atoms with Gasteiger partial charge in [-0.25, -0.2) is 4.68 Å². The van der Waals surface area contributed by atoms with Crippen molar-refractivity contribution in [3.63, 3.8) is 0 Å². The van der Waals surface area contributed by atoms with Gasteiger partial charge in [0.05, 0.1) is 5.69 Å². The van der Waals surface area contributed by atoms with Crippen LogP contribution in [0.3, 0.4) is 0 Å². The number of benzene rings is 1. The lowest BCUT2D eigenvalue weighted by atomic mass is 10.1. The first kappa shape index (κ1) is 19.5. The maximum Gasteiger partial charge on any atom is 0.241 e. The largest absolute Gasteiger partial charge is 0.354 e. The van der Waals surface area contributed by atoms with E-state index in [9.17, 15) is 9.59 Å². The van der Waals surface area contributed by atoms with Crippen LogP contribution in [0.15, 0.2) is 30.3 Å². The third-order valence-corrected chi connectivity index (χ3v) is 5.48. The molecule has 7 heteroatoms. The van der Waals surface area contributed by atoms with E-state index in [1.165, 1.54) is 5.56 Å². The van der Waals surface area contributed by atoms with Gasteiger partial charge in [-0.1, -0.05) is 43.7 Å². The third-order valence-electron chi connectivity index (χ3n) is 4.51. The van der Waals surface area contributed by atoms with Gasteiger partial charge in [0.2, 0.25) is 11.8 Å². The number of aromatic nitrogens is 2. The van der Waals surface area contributed by atoms with Crippen LogP contribution in [0.4, 0.5) is 5.82 Å². The van der Waals surface area contributed by atoms with Gasteiger partial charge in [0.15, 0.2) is 0 Å². The Morgan fingerprint density at radius 2 is 2.00 bits per heavy atom. The van der Waals surface area contributed by atoms with Crippen molar-refractivity contribution in [3.05, 3.63) is 47.2 Å². The van der Waals surface area contributed by atoms with Gasteiger partial charge in [0.1, 0.15) is 12.4 Å². The van der Waals surface area contributed by atoms with E-state index in [4.69, 9.17) is 0 Å². The van der Waals surface area contributed by atoms with Crippen LogP contribution in [0.2, 0.25) is 0 Å². The molecule has 2 amide bonds. The second-order valence-corrected chi connectivity index (χ2v) is 7.65. The topological polar surface area (TPSA) is 76.0 Å². The second kappa shape index (κ2) is 9.60. The summed E-state index contributed by atoms with van der Waals surface area (Å²) in [5.41, 5.74) is 3.22. The van der Waals surface area contributed by atoms with E-state index in [0.717, 1.165) is 42.0 Å². The first-order chi connectivity index (χ1) is 13.2. The number of anilines is 1. The number of nitrogens with zero attached hydrogens (tertiary/aromatic N) is 2. The summed E-state index contributed by atoms with van der Waals surface area (Å²) in [6.45, 7) is 2.76. The van der Waals surface area contributed by atoms with Crippen LogP contribution < -0.4 is 10.6 Å². The predicted octanol–water partition coefficient (Wildman–Crippen LogP) is 3.12. The zero-order valence-corrected chi connectivity index (χ0v) is 16.5. The average molecular weight is 387 g/mol. The number of carbonyl (C=O) groups is 2. The van der Waals surface area contributed by atoms with Crippen molar-refractivity contribution in [1.82, 2.24) is 15.1 Å². The highest BCUT2D eigenvalue weighted by molar-refractivity contribution is 7.98. The number of amides is 2. The minimum Gasteiger partial charge on any atom is -0.354 e. The summed E-state index contributed by atoms with van der Waals surface area (Å²) in [6, 6.07) is 10.1. The normalized spacial score (nSPS) is 12.6. The molecule has 3 rings (SSSR count). The quantitative estimate of drug-likeness (QED) is 0.694. The molecular formula is C20H26N4O2S. The van der Waals surface area contributed by atoms with E-state index in [0.29, 0.717) is 18.8 Å². The Morgan fingerprint density at radius 1 is 1.19 bits per heavy atom. The van der Waals surface area contributed by atoms with Crippen LogP contribution in [0.5, 0.6) is 0 Å². The maximum atomic E-state index is 12.3. The minimum atomic E-state index is -0.0937. The van der Waals surface area contributed by atoms with Crippen LogP contribution >= 0.6 is 11.8 Å². The monoisotopic (exact) mass is 386 g/mol. The molecule has 1 aromatic heterocycles. The molecule has 0 bridgehead atoms. The zero-order valence-electron chi connectivity index (χ0n) is 15.7. The Balaban J connectivity index is 1.58. The molecule has 0 saturated carbocycles. The molecule has 1 aliphatic heterocycles. The second-order valence-electron chi connectivity index (χ2n) is 6.66. The zero-order chi connectivity index (χ0) is 19.1. The molecule has 0 unspecified atom stereocenters. The van der Waals surface area contributed by atoms with E-state index in [-0.39, 0.29) is 18.4 Å². The molecule has 2 N–H and O–H groups in total.